The minimum absolute atomic E-state index is 0.150. The quantitative estimate of drug-likeness (QED) is 0.743. The first kappa shape index (κ1) is 14.1. The molecule has 0 aliphatic carbocycles. The highest BCUT2D eigenvalue weighted by Crippen LogP contribution is 2.26. The largest absolute Gasteiger partial charge is 0.336 e. The normalized spacial score (nSPS) is 13.9. The zero-order valence-corrected chi connectivity index (χ0v) is 13.0. The number of aromatic nitrogens is 3. The fraction of sp³-hybridized carbons (Fsp3) is 0.188. The monoisotopic (exact) mass is 328 g/mol. The second-order valence-corrected chi connectivity index (χ2v) is 6.22. The summed E-state index contributed by atoms with van der Waals surface area (Å²) in [7, 11) is 0. The predicted molar refractivity (Wildman–Crippen MR) is 85.2 cm³/mol. The molecular weight excluding hydrogens is 315 g/mol. The van der Waals surface area contributed by atoms with E-state index < -0.39 is 0 Å². The Labute approximate surface area is 136 Å². The van der Waals surface area contributed by atoms with Crippen LogP contribution in [0.5, 0.6) is 0 Å². The van der Waals surface area contributed by atoms with E-state index in [0.717, 1.165) is 24.4 Å². The molecule has 0 spiro atoms. The maximum atomic E-state index is 13.6. The minimum Gasteiger partial charge on any atom is -0.336 e. The van der Waals surface area contributed by atoms with E-state index in [1.807, 2.05) is 17.5 Å². The van der Waals surface area contributed by atoms with Crippen molar-refractivity contribution in [3.63, 3.8) is 0 Å². The summed E-state index contributed by atoms with van der Waals surface area (Å²) >= 11 is 1.50. The molecule has 1 saturated heterocycles. The molecule has 1 fully saturated rings. The van der Waals surface area contributed by atoms with Crippen molar-refractivity contribution in [3.05, 3.63) is 53.4 Å². The molecule has 0 unspecified atom stereocenters. The first-order chi connectivity index (χ1) is 11.2. The third kappa shape index (κ3) is 2.53. The molecule has 0 atom stereocenters. The van der Waals surface area contributed by atoms with E-state index in [0.29, 0.717) is 11.5 Å². The summed E-state index contributed by atoms with van der Waals surface area (Å²) in [6, 6.07) is 9.92. The Hall–Kier alpha value is -2.54. The second kappa shape index (κ2) is 5.58. The maximum Gasteiger partial charge on any atom is 0.293 e. The summed E-state index contributed by atoms with van der Waals surface area (Å²) in [5.41, 5.74) is 0.545. The van der Waals surface area contributed by atoms with Crippen LogP contribution in [-0.2, 0) is 0 Å². The van der Waals surface area contributed by atoms with Crippen LogP contribution in [0.25, 0.3) is 16.4 Å². The summed E-state index contributed by atoms with van der Waals surface area (Å²) in [4.78, 5) is 19.4. The van der Waals surface area contributed by atoms with Gasteiger partial charge >= 0.3 is 0 Å². The van der Waals surface area contributed by atoms with Crippen LogP contribution in [0, 0.1) is 5.82 Å². The average molecular weight is 328 g/mol. The second-order valence-electron chi connectivity index (χ2n) is 5.27. The molecule has 23 heavy (non-hydrogen) atoms. The van der Waals surface area contributed by atoms with Gasteiger partial charge in [-0.1, -0.05) is 12.1 Å². The third-order valence-electron chi connectivity index (χ3n) is 3.74. The molecule has 7 heteroatoms. The number of nitrogens with zero attached hydrogens (tertiary/aromatic N) is 4. The molecule has 5 nitrogen and oxygen atoms in total. The van der Waals surface area contributed by atoms with Gasteiger partial charge in [0.25, 0.3) is 5.91 Å². The smallest absolute Gasteiger partial charge is 0.293 e. The van der Waals surface area contributed by atoms with E-state index in [9.17, 15) is 9.18 Å². The Balaban J connectivity index is 1.82. The maximum absolute atomic E-state index is 13.6. The fourth-order valence-corrected chi connectivity index (χ4v) is 3.12. The van der Waals surface area contributed by atoms with E-state index in [2.05, 4.69) is 10.1 Å². The molecule has 116 valence electrons. The van der Waals surface area contributed by atoms with Crippen molar-refractivity contribution in [2.24, 2.45) is 0 Å². The van der Waals surface area contributed by atoms with Gasteiger partial charge in [-0.2, -0.15) is 0 Å². The van der Waals surface area contributed by atoms with Gasteiger partial charge in [0.15, 0.2) is 5.82 Å². The molecule has 1 aliphatic heterocycles. The summed E-state index contributed by atoms with van der Waals surface area (Å²) in [5.74, 6) is 0.168. The molecule has 1 aromatic carbocycles. The first-order valence-corrected chi connectivity index (χ1v) is 8.16. The molecule has 0 N–H and O–H groups in total. The van der Waals surface area contributed by atoms with Crippen LogP contribution >= 0.6 is 11.3 Å². The van der Waals surface area contributed by atoms with Gasteiger partial charge in [-0.15, -0.1) is 16.4 Å². The number of thiophene rings is 1. The lowest BCUT2D eigenvalue weighted by molar-refractivity contribution is 0.0639. The zero-order chi connectivity index (χ0) is 15.8. The van der Waals surface area contributed by atoms with E-state index >= 15 is 0 Å². The molecule has 0 radical (unpaired) electrons. The number of carbonyl (C=O) groups excluding carboxylic acids is 1. The SMILES string of the molecule is O=C(c1nc(-c2cccs2)n(-c2cccc(F)c2)n1)N1CCC1. The van der Waals surface area contributed by atoms with Crippen LogP contribution in [0.1, 0.15) is 17.0 Å². The Morgan fingerprint density at radius 3 is 2.74 bits per heavy atom. The number of hydrogen-bond acceptors (Lipinski definition) is 4. The zero-order valence-electron chi connectivity index (χ0n) is 12.1. The van der Waals surface area contributed by atoms with Gasteiger partial charge in [0.05, 0.1) is 10.6 Å². The number of halogens is 1. The van der Waals surface area contributed by atoms with Crippen molar-refractivity contribution in [1.82, 2.24) is 19.7 Å². The number of likely N-dealkylation sites (tertiary alicyclic amines) is 1. The lowest BCUT2D eigenvalue weighted by atomic mass is 10.2. The summed E-state index contributed by atoms with van der Waals surface area (Å²) in [6.45, 7) is 1.48. The van der Waals surface area contributed by atoms with Crippen LogP contribution in [0.15, 0.2) is 41.8 Å². The Morgan fingerprint density at radius 2 is 2.09 bits per heavy atom. The van der Waals surface area contributed by atoms with Crippen LogP contribution < -0.4 is 0 Å². The van der Waals surface area contributed by atoms with E-state index in [1.165, 1.54) is 28.2 Å². The summed E-state index contributed by atoms with van der Waals surface area (Å²) in [6.07, 6.45) is 1.01. The molecule has 3 heterocycles. The number of rotatable bonds is 3. The van der Waals surface area contributed by atoms with Crippen molar-refractivity contribution >= 4 is 17.2 Å². The Kier molecular flexibility index (Phi) is 3.42. The number of benzene rings is 1. The van der Waals surface area contributed by atoms with Crippen molar-refractivity contribution in [3.8, 4) is 16.4 Å². The number of hydrogen-bond donors (Lipinski definition) is 0. The van der Waals surface area contributed by atoms with Crippen LogP contribution in [0.4, 0.5) is 4.39 Å². The minimum atomic E-state index is -0.356. The van der Waals surface area contributed by atoms with Gasteiger partial charge in [0.2, 0.25) is 5.82 Å². The molecule has 4 rings (SSSR count). The van der Waals surface area contributed by atoms with Gasteiger partial charge < -0.3 is 4.90 Å². The van der Waals surface area contributed by atoms with Gasteiger partial charge in [-0.25, -0.2) is 14.1 Å². The average Bonchev–Trinajstić information content (AvgIpc) is 3.14. The topological polar surface area (TPSA) is 51.0 Å². The summed E-state index contributed by atoms with van der Waals surface area (Å²) in [5, 5.41) is 6.26. The van der Waals surface area contributed by atoms with Gasteiger partial charge in [-0.05, 0) is 36.1 Å². The van der Waals surface area contributed by atoms with Crippen molar-refractivity contribution in [2.75, 3.05) is 13.1 Å². The van der Waals surface area contributed by atoms with Crippen LogP contribution in [0.3, 0.4) is 0 Å². The van der Waals surface area contributed by atoms with E-state index in [-0.39, 0.29) is 17.5 Å². The van der Waals surface area contributed by atoms with Crippen molar-refractivity contribution in [2.45, 2.75) is 6.42 Å². The molecule has 1 amide bonds. The highest BCUT2D eigenvalue weighted by atomic mass is 32.1. The molecule has 0 saturated carbocycles. The molecule has 1 aliphatic rings. The fourth-order valence-electron chi connectivity index (χ4n) is 2.42. The standard InChI is InChI=1S/C16H13FN4OS/c17-11-4-1-5-12(10-11)21-15(13-6-2-9-23-13)18-14(19-21)16(22)20-7-3-8-20/h1-2,4-6,9-10H,3,7-8H2. The van der Waals surface area contributed by atoms with Gasteiger partial charge in [0.1, 0.15) is 5.82 Å². The lowest BCUT2D eigenvalue weighted by Gasteiger charge is -2.29. The van der Waals surface area contributed by atoms with Crippen LogP contribution in [-0.4, -0.2) is 38.7 Å². The number of amides is 1. The summed E-state index contributed by atoms with van der Waals surface area (Å²) < 4.78 is 15.1. The lowest BCUT2D eigenvalue weighted by Crippen LogP contribution is -2.42. The van der Waals surface area contributed by atoms with Gasteiger partial charge in [0, 0.05) is 13.1 Å². The van der Waals surface area contributed by atoms with Gasteiger partial charge in [-0.3, -0.25) is 4.79 Å². The molecule has 3 aromatic rings. The van der Waals surface area contributed by atoms with E-state index in [1.54, 1.807) is 17.0 Å². The Morgan fingerprint density at radius 1 is 1.22 bits per heavy atom. The van der Waals surface area contributed by atoms with Crippen molar-refractivity contribution < 1.29 is 9.18 Å². The third-order valence-corrected chi connectivity index (χ3v) is 4.60. The Bertz CT molecular complexity index is 855. The molecule has 0 bridgehead atoms. The number of carbonyl (C=O) groups is 1. The van der Waals surface area contributed by atoms with E-state index in [4.69, 9.17) is 0 Å². The highest BCUT2D eigenvalue weighted by molar-refractivity contribution is 7.13. The predicted octanol–water partition coefficient (Wildman–Crippen LogP) is 2.98. The molecule has 2 aromatic heterocycles. The highest BCUT2D eigenvalue weighted by Gasteiger charge is 2.27. The van der Waals surface area contributed by atoms with Crippen LogP contribution in [0.2, 0.25) is 0 Å². The van der Waals surface area contributed by atoms with Crippen molar-refractivity contribution in [1.29, 1.82) is 0 Å². The molecular formula is C16H13FN4OS. The first-order valence-electron chi connectivity index (χ1n) is 7.28.